The zero-order valence-electron chi connectivity index (χ0n) is 15.8. The summed E-state index contributed by atoms with van der Waals surface area (Å²) >= 11 is 0. The lowest BCUT2D eigenvalue weighted by Crippen LogP contribution is -2.53. The van der Waals surface area contributed by atoms with Crippen LogP contribution in [0.1, 0.15) is 31.2 Å². The number of fused-ring (bicyclic) bond motifs is 1. The summed E-state index contributed by atoms with van der Waals surface area (Å²) in [5.41, 5.74) is 0.662. The van der Waals surface area contributed by atoms with Crippen LogP contribution in [0.2, 0.25) is 0 Å². The second-order valence-corrected chi connectivity index (χ2v) is 9.35. The van der Waals surface area contributed by atoms with Crippen LogP contribution in [0.3, 0.4) is 0 Å². The maximum absolute atomic E-state index is 13.0. The molecule has 0 spiro atoms. The summed E-state index contributed by atoms with van der Waals surface area (Å²) < 4.78 is 34.5. The van der Waals surface area contributed by atoms with Crippen molar-refractivity contribution < 1.29 is 27.1 Å². The molecule has 0 aromatic carbocycles. The molecule has 1 N–H and O–H groups in total. The summed E-state index contributed by atoms with van der Waals surface area (Å²) in [4.78, 5) is 26.7. The van der Waals surface area contributed by atoms with Gasteiger partial charge in [0.1, 0.15) is 11.6 Å². The number of rotatable bonds is 5. The van der Waals surface area contributed by atoms with Gasteiger partial charge >= 0.3 is 11.9 Å². The Bertz CT molecular complexity index is 1080. The highest BCUT2D eigenvalue weighted by Gasteiger charge is 2.48. The van der Waals surface area contributed by atoms with Crippen molar-refractivity contribution >= 4 is 27.7 Å². The van der Waals surface area contributed by atoms with Crippen molar-refractivity contribution in [2.24, 2.45) is 5.92 Å². The van der Waals surface area contributed by atoms with Gasteiger partial charge in [0.05, 0.1) is 17.6 Å². The van der Waals surface area contributed by atoms with E-state index < -0.39 is 33.4 Å². The van der Waals surface area contributed by atoms with Gasteiger partial charge in [0.15, 0.2) is 12.3 Å². The number of nitrogens with one attached hydrogen (secondary N) is 1. The third-order valence-electron chi connectivity index (χ3n) is 5.19. The molecule has 148 valence electrons. The van der Waals surface area contributed by atoms with Gasteiger partial charge in [0.25, 0.3) is 0 Å². The van der Waals surface area contributed by atoms with E-state index >= 15 is 0 Å². The van der Waals surface area contributed by atoms with Gasteiger partial charge in [-0.3, -0.25) is 0 Å². The summed E-state index contributed by atoms with van der Waals surface area (Å²) in [5.74, 6) is -0.986. The standard InChI is InChI=1S/C18H21N4O5S/c1-11-8-12(27-19-11)10-22-16(23)14-9-13(4-5-15(14)21(3)17(22)24)28(25,26)20-18(2)6-7-18/h4-5,8-9,14,20H,6-7,10H2,1-3H3/q+1. The molecule has 1 unspecified atom stereocenters. The van der Waals surface area contributed by atoms with Gasteiger partial charge < -0.3 is 4.52 Å². The monoisotopic (exact) mass is 405 g/mol. The van der Waals surface area contributed by atoms with E-state index in [0.717, 1.165) is 17.7 Å². The molecule has 1 atom stereocenters. The smallest absolute Gasteiger partial charge is 0.357 e. The lowest BCUT2D eigenvalue weighted by molar-refractivity contribution is -0.406. The van der Waals surface area contributed by atoms with Crippen molar-refractivity contribution in [1.82, 2.24) is 14.8 Å². The molecule has 3 amide bonds. The lowest BCUT2D eigenvalue weighted by Gasteiger charge is -2.26. The predicted molar refractivity (Wildman–Crippen MR) is 98.8 cm³/mol. The van der Waals surface area contributed by atoms with E-state index in [9.17, 15) is 18.0 Å². The first-order valence-electron chi connectivity index (χ1n) is 8.92. The maximum Gasteiger partial charge on any atom is 0.501 e. The number of amides is 3. The van der Waals surface area contributed by atoms with Crippen LogP contribution in [-0.2, 0) is 21.4 Å². The fraction of sp³-hybridized carbons (Fsp3) is 0.444. The largest absolute Gasteiger partial charge is 0.501 e. The van der Waals surface area contributed by atoms with Crippen LogP contribution in [0.4, 0.5) is 4.79 Å². The van der Waals surface area contributed by atoms with Crippen molar-refractivity contribution in [2.45, 2.75) is 38.8 Å². The van der Waals surface area contributed by atoms with Crippen LogP contribution in [0, 0.1) is 12.8 Å². The molecule has 0 bridgehead atoms. The van der Waals surface area contributed by atoms with Gasteiger partial charge in [-0.1, -0.05) is 5.16 Å². The lowest BCUT2D eigenvalue weighted by atomic mass is 9.94. The van der Waals surface area contributed by atoms with Crippen LogP contribution in [0.15, 0.2) is 33.7 Å². The molecule has 1 aromatic heterocycles. The molecule has 10 heteroatoms. The highest BCUT2D eigenvalue weighted by molar-refractivity contribution is 7.93. The number of hydrogen-bond donors (Lipinski definition) is 1. The number of sulfonamides is 1. The van der Waals surface area contributed by atoms with Crippen molar-refractivity contribution in [3.05, 3.63) is 40.7 Å². The van der Waals surface area contributed by atoms with E-state index in [1.54, 1.807) is 20.0 Å². The third-order valence-corrected chi connectivity index (χ3v) is 6.84. The normalized spacial score (nSPS) is 23.8. The number of hydrogen-bond acceptors (Lipinski definition) is 6. The Morgan fingerprint density at radius 2 is 2.07 bits per heavy atom. The molecule has 1 aromatic rings. The molecular formula is C18H21N4O5S+. The minimum Gasteiger partial charge on any atom is -0.357 e. The van der Waals surface area contributed by atoms with E-state index in [1.807, 2.05) is 6.92 Å². The van der Waals surface area contributed by atoms with Crippen LogP contribution in [0.25, 0.3) is 0 Å². The van der Waals surface area contributed by atoms with Crippen molar-refractivity contribution in [2.75, 3.05) is 7.05 Å². The Balaban J connectivity index is 1.66. The molecule has 1 saturated carbocycles. The maximum atomic E-state index is 13.0. The minimum absolute atomic E-state index is 0.0286. The topological polar surface area (TPSA) is 113 Å². The number of aromatic nitrogens is 1. The van der Waals surface area contributed by atoms with Gasteiger partial charge in [0, 0.05) is 11.6 Å². The zero-order valence-corrected chi connectivity index (χ0v) is 16.6. The van der Waals surface area contributed by atoms with Gasteiger partial charge in [0.2, 0.25) is 10.0 Å². The Labute approximate surface area is 162 Å². The molecule has 4 rings (SSSR count). The molecule has 0 radical (unpaired) electrons. The van der Waals surface area contributed by atoms with E-state index in [-0.39, 0.29) is 11.4 Å². The summed E-state index contributed by atoms with van der Waals surface area (Å²) in [6, 6.07) is 1.14. The Morgan fingerprint density at radius 1 is 1.36 bits per heavy atom. The third kappa shape index (κ3) is 3.22. The van der Waals surface area contributed by atoms with Gasteiger partial charge in [-0.2, -0.15) is 14.3 Å². The molecule has 28 heavy (non-hydrogen) atoms. The molecule has 1 fully saturated rings. The summed E-state index contributed by atoms with van der Waals surface area (Å²) in [7, 11) is -2.20. The highest BCUT2D eigenvalue weighted by Crippen LogP contribution is 2.36. The SMILES string of the molecule is Cc1cc(CN2C(=O)C3C=C(S(=O)(=O)NC4(C)CC4)C=CC3=[N+](C)C2=O)on1. The van der Waals surface area contributed by atoms with Crippen LogP contribution in [-0.4, -0.2) is 53.3 Å². The molecule has 1 aliphatic heterocycles. The first-order chi connectivity index (χ1) is 13.1. The highest BCUT2D eigenvalue weighted by atomic mass is 32.2. The predicted octanol–water partition coefficient (Wildman–Crippen LogP) is 1.07. The summed E-state index contributed by atoms with van der Waals surface area (Å²) in [6.07, 6.45) is 5.90. The second kappa shape index (κ2) is 6.21. The van der Waals surface area contributed by atoms with E-state index in [0.29, 0.717) is 17.2 Å². The number of urea groups is 1. The molecule has 2 heterocycles. The summed E-state index contributed by atoms with van der Waals surface area (Å²) in [6.45, 7) is 3.52. The van der Waals surface area contributed by atoms with Crippen molar-refractivity contribution in [3.8, 4) is 0 Å². The first kappa shape index (κ1) is 18.8. The number of carbonyl (C=O) groups excluding carboxylic acids is 2. The zero-order chi connectivity index (χ0) is 20.3. The quantitative estimate of drug-likeness (QED) is 0.734. The number of imide groups is 1. The van der Waals surface area contributed by atoms with E-state index in [2.05, 4.69) is 9.88 Å². The number of nitrogens with zero attached hydrogens (tertiary/aromatic N) is 3. The Hall–Kier alpha value is -2.59. The van der Waals surface area contributed by atoms with Crippen LogP contribution >= 0.6 is 0 Å². The Kier molecular flexibility index (Phi) is 4.16. The number of aryl methyl sites for hydroxylation is 1. The average Bonchev–Trinajstić information content (AvgIpc) is 3.20. The first-order valence-corrected chi connectivity index (χ1v) is 10.4. The van der Waals surface area contributed by atoms with Gasteiger partial charge in [-0.05, 0) is 44.9 Å². The van der Waals surface area contributed by atoms with E-state index in [1.165, 1.54) is 22.8 Å². The number of carbonyl (C=O) groups is 2. The Morgan fingerprint density at radius 3 is 2.68 bits per heavy atom. The van der Waals surface area contributed by atoms with Crippen molar-refractivity contribution in [1.29, 1.82) is 0 Å². The fourth-order valence-electron chi connectivity index (χ4n) is 3.29. The molecule has 9 nitrogen and oxygen atoms in total. The van der Waals surface area contributed by atoms with Crippen LogP contribution < -0.4 is 4.72 Å². The molecule has 0 saturated heterocycles. The fourth-order valence-corrected chi connectivity index (χ4v) is 4.83. The van der Waals surface area contributed by atoms with Gasteiger partial charge in [-0.15, -0.1) is 0 Å². The molecular weight excluding hydrogens is 384 g/mol. The second-order valence-electron chi connectivity index (χ2n) is 7.67. The van der Waals surface area contributed by atoms with Crippen molar-refractivity contribution in [3.63, 3.8) is 0 Å². The van der Waals surface area contributed by atoms with Crippen LogP contribution in [0.5, 0.6) is 0 Å². The average molecular weight is 405 g/mol. The number of allylic oxidation sites excluding steroid dienone is 2. The molecule has 2 aliphatic carbocycles. The summed E-state index contributed by atoms with van der Waals surface area (Å²) in [5, 5.41) is 3.76. The van der Waals surface area contributed by atoms with E-state index in [4.69, 9.17) is 4.52 Å². The minimum atomic E-state index is -3.75. The van der Waals surface area contributed by atoms with Gasteiger partial charge in [-0.25, -0.2) is 17.9 Å². The molecule has 3 aliphatic rings.